The van der Waals surface area contributed by atoms with Crippen molar-refractivity contribution in [1.82, 2.24) is 10.7 Å². The number of hydrogen-bond donors (Lipinski definition) is 3. The summed E-state index contributed by atoms with van der Waals surface area (Å²) in [5.74, 6) is 6.12. The van der Waals surface area contributed by atoms with Gasteiger partial charge in [-0.25, -0.2) is 5.84 Å². The molecule has 0 radical (unpaired) electrons. The standard InChI is InChI=1S/C11H24N4/c1-4-5-11(6-7-11)8-13-10(15-12)14-9(2)3/h9H,4-8,12H2,1-3H3,(H2,13,14,15). The van der Waals surface area contributed by atoms with E-state index in [1.54, 1.807) is 0 Å². The van der Waals surface area contributed by atoms with Gasteiger partial charge < -0.3 is 5.32 Å². The first-order chi connectivity index (χ1) is 7.12. The lowest BCUT2D eigenvalue weighted by atomic mass is 10.0. The van der Waals surface area contributed by atoms with Crippen LogP contribution in [0.5, 0.6) is 0 Å². The van der Waals surface area contributed by atoms with Gasteiger partial charge in [-0.05, 0) is 38.5 Å². The van der Waals surface area contributed by atoms with Crippen LogP contribution in [0.1, 0.15) is 46.5 Å². The molecule has 0 aliphatic heterocycles. The van der Waals surface area contributed by atoms with Crippen molar-refractivity contribution in [2.75, 3.05) is 6.54 Å². The molecule has 1 fully saturated rings. The molecule has 0 unspecified atom stereocenters. The average molecular weight is 212 g/mol. The van der Waals surface area contributed by atoms with Gasteiger partial charge in [-0.3, -0.25) is 10.4 Å². The summed E-state index contributed by atoms with van der Waals surface area (Å²) in [6, 6.07) is 0.362. The highest BCUT2D eigenvalue weighted by molar-refractivity contribution is 5.79. The highest BCUT2D eigenvalue weighted by Gasteiger charge is 2.41. The highest BCUT2D eigenvalue weighted by Crippen LogP contribution is 2.49. The smallest absolute Gasteiger partial charge is 0.205 e. The lowest BCUT2D eigenvalue weighted by Crippen LogP contribution is -2.44. The van der Waals surface area contributed by atoms with Crippen LogP contribution < -0.4 is 16.6 Å². The summed E-state index contributed by atoms with van der Waals surface area (Å²) < 4.78 is 0. The van der Waals surface area contributed by atoms with Crippen LogP contribution in [0.25, 0.3) is 0 Å². The van der Waals surface area contributed by atoms with Gasteiger partial charge in [0.1, 0.15) is 0 Å². The monoisotopic (exact) mass is 212 g/mol. The minimum absolute atomic E-state index is 0.362. The summed E-state index contributed by atoms with van der Waals surface area (Å²) in [6.45, 7) is 7.29. The third-order valence-electron chi connectivity index (χ3n) is 2.87. The lowest BCUT2D eigenvalue weighted by Gasteiger charge is -2.15. The number of nitrogens with zero attached hydrogens (tertiary/aromatic N) is 1. The predicted molar refractivity (Wildman–Crippen MR) is 64.5 cm³/mol. The molecular formula is C11H24N4. The zero-order valence-electron chi connectivity index (χ0n) is 10.1. The summed E-state index contributed by atoms with van der Waals surface area (Å²) in [5.41, 5.74) is 3.11. The molecule has 0 aromatic rings. The molecule has 1 aliphatic carbocycles. The molecule has 0 bridgehead atoms. The van der Waals surface area contributed by atoms with Gasteiger partial charge in [-0.2, -0.15) is 0 Å². The summed E-state index contributed by atoms with van der Waals surface area (Å²) in [7, 11) is 0. The van der Waals surface area contributed by atoms with Crippen molar-refractivity contribution in [3.63, 3.8) is 0 Å². The first-order valence-electron chi connectivity index (χ1n) is 5.89. The molecule has 1 rings (SSSR count). The van der Waals surface area contributed by atoms with E-state index in [9.17, 15) is 0 Å². The van der Waals surface area contributed by atoms with Crippen LogP contribution in [0.4, 0.5) is 0 Å². The molecule has 4 heteroatoms. The molecule has 0 aromatic heterocycles. The van der Waals surface area contributed by atoms with E-state index in [1.165, 1.54) is 25.7 Å². The molecule has 0 atom stereocenters. The van der Waals surface area contributed by atoms with Crippen molar-refractivity contribution >= 4 is 5.96 Å². The normalized spacial score (nSPS) is 19.1. The van der Waals surface area contributed by atoms with Gasteiger partial charge in [-0.15, -0.1) is 0 Å². The number of guanidine groups is 1. The number of rotatable bonds is 5. The van der Waals surface area contributed by atoms with Gasteiger partial charge in [-0.1, -0.05) is 13.3 Å². The van der Waals surface area contributed by atoms with Crippen LogP contribution >= 0.6 is 0 Å². The van der Waals surface area contributed by atoms with E-state index >= 15 is 0 Å². The van der Waals surface area contributed by atoms with E-state index in [0.717, 1.165) is 6.54 Å². The van der Waals surface area contributed by atoms with E-state index in [1.807, 2.05) is 0 Å². The zero-order chi connectivity index (χ0) is 11.3. The van der Waals surface area contributed by atoms with E-state index in [0.29, 0.717) is 17.4 Å². The van der Waals surface area contributed by atoms with Crippen molar-refractivity contribution in [3.8, 4) is 0 Å². The van der Waals surface area contributed by atoms with Crippen LogP contribution in [-0.4, -0.2) is 18.5 Å². The van der Waals surface area contributed by atoms with Crippen LogP contribution in [0.15, 0.2) is 4.99 Å². The van der Waals surface area contributed by atoms with E-state index in [-0.39, 0.29) is 0 Å². The molecule has 0 saturated heterocycles. The maximum atomic E-state index is 5.40. The molecule has 0 heterocycles. The van der Waals surface area contributed by atoms with Crippen LogP contribution in [0, 0.1) is 5.41 Å². The Kier molecular flexibility index (Phi) is 4.39. The van der Waals surface area contributed by atoms with E-state index < -0.39 is 0 Å². The Morgan fingerprint density at radius 2 is 2.13 bits per heavy atom. The SMILES string of the molecule is CCCC1(CN=C(NN)NC(C)C)CC1. The molecule has 0 amide bonds. The number of hydrogen-bond acceptors (Lipinski definition) is 2. The molecule has 88 valence electrons. The van der Waals surface area contributed by atoms with Gasteiger partial charge in [0.25, 0.3) is 0 Å². The van der Waals surface area contributed by atoms with Crippen LogP contribution in [0.2, 0.25) is 0 Å². The quantitative estimate of drug-likeness (QED) is 0.279. The third kappa shape index (κ3) is 4.08. The Labute approximate surface area is 92.7 Å². The highest BCUT2D eigenvalue weighted by atomic mass is 15.3. The molecule has 1 saturated carbocycles. The summed E-state index contributed by atoms with van der Waals surface area (Å²) in [5, 5.41) is 3.19. The fourth-order valence-electron chi connectivity index (χ4n) is 1.85. The molecule has 0 spiro atoms. The van der Waals surface area contributed by atoms with Crippen molar-refractivity contribution in [2.24, 2.45) is 16.3 Å². The molecule has 15 heavy (non-hydrogen) atoms. The number of nitrogens with one attached hydrogen (secondary N) is 2. The lowest BCUT2D eigenvalue weighted by molar-refractivity contribution is 0.470. The molecular weight excluding hydrogens is 188 g/mol. The molecule has 4 N–H and O–H groups in total. The van der Waals surface area contributed by atoms with Gasteiger partial charge in [0, 0.05) is 12.6 Å². The predicted octanol–water partition coefficient (Wildman–Crippen LogP) is 1.38. The van der Waals surface area contributed by atoms with Crippen LogP contribution in [-0.2, 0) is 0 Å². The van der Waals surface area contributed by atoms with E-state index in [2.05, 4.69) is 36.5 Å². The van der Waals surface area contributed by atoms with Gasteiger partial charge in [0.2, 0.25) is 5.96 Å². The molecule has 1 aliphatic rings. The second-order valence-corrected chi connectivity index (χ2v) is 4.86. The molecule has 4 nitrogen and oxygen atoms in total. The van der Waals surface area contributed by atoms with Gasteiger partial charge in [0.05, 0.1) is 0 Å². The topological polar surface area (TPSA) is 62.4 Å². The number of aliphatic imine (C=N–C) groups is 1. The Balaban J connectivity index is 2.40. The van der Waals surface area contributed by atoms with Gasteiger partial charge in [0.15, 0.2) is 0 Å². The van der Waals surface area contributed by atoms with E-state index in [4.69, 9.17) is 5.84 Å². The fraction of sp³-hybridized carbons (Fsp3) is 0.909. The van der Waals surface area contributed by atoms with Crippen molar-refractivity contribution in [1.29, 1.82) is 0 Å². The number of nitrogens with two attached hydrogens (primary N) is 1. The minimum atomic E-state index is 0.362. The fourth-order valence-corrected chi connectivity index (χ4v) is 1.85. The summed E-state index contributed by atoms with van der Waals surface area (Å²) >= 11 is 0. The second kappa shape index (κ2) is 5.35. The summed E-state index contributed by atoms with van der Waals surface area (Å²) in [6.07, 6.45) is 5.18. The summed E-state index contributed by atoms with van der Waals surface area (Å²) in [4.78, 5) is 4.50. The van der Waals surface area contributed by atoms with Crippen molar-refractivity contribution in [3.05, 3.63) is 0 Å². The van der Waals surface area contributed by atoms with Crippen LogP contribution in [0.3, 0.4) is 0 Å². The first kappa shape index (κ1) is 12.3. The maximum absolute atomic E-state index is 5.40. The maximum Gasteiger partial charge on any atom is 0.205 e. The number of hydrazine groups is 1. The first-order valence-corrected chi connectivity index (χ1v) is 5.89. The van der Waals surface area contributed by atoms with Crippen molar-refractivity contribution < 1.29 is 0 Å². The average Bonchev–Trinajstić information content (AvgIpc) is 2.93. The van der Waals surface area contributed by atoms with Crippen molar-refractivity contribution in [2.45, 2.75) is 52.5 Å². The minimum Gasteiger partial charge on any atom is -0.353 e. The Morgan fingerprint density at radius 3 is 2.53 bits per heavy atom. The Morgan fingerprint density at radius 1 is 1.47 bits per heavy atom. The largest absolute Gasteiger partial charge is 0.353 e. The third-order valence-corrected chi connectivity index (χ3v) is 2.87. The Bertz CT molecular complexity index is 219. The van der Waals surface area contributed by atoms with Gasteiger partial charge >= 0.3 is 0 Å². The zero-order valence-corrected chi connectivity index (χ0v) is 10.1. The molecule has 0 aromatic carbocycles. The second-order valence-electron chi connectivity index (χ2n) is 4.86. The Hall–Kier alpha value is -0.770.